The summed E-state index contributed by atoms with van der Waals surface area (Å²) in [6.45, 7) is 1.75. The van der Waals surface area contributed by atoms with Crippen LogP contribution in [-0.2, 0) is 9.59 Å². The van der Waals surface area contributed by atoms with Gasteiger partial charge in [0, 0.05) is 42.4 Å². The number of nitrogens with zero attached hydrogens (tertiary/aromatic N) is 2. The van der Waals surface area contributed by atoms with Gasteiger partial charge in [0.15, 0.2) is 0 Å². The van der Waals surface area contributed by atoms with E-state index < -0.39 is 0 Å². The largest absolute Gasteiger partial charge is 0.316 e. The van der Waals surface area contributed by atoms with Crippen molar-refractivity contribution in [3.05, 3.63) is 47.4 Å². The van der Waals surface area contributed by atoms with Gasteiger partial charge in [-0.15, -0.1) is 0 Å². The second kappa shape index (κ2) is 6.49. The lowest BCUT2D eigenvalue weighted by Crippen LogP contribution is -2.29. The van der Waals surface area contributed by atoms with Crippen molar-refractivity contribution in [2.75, 3.05) is 20.1 Å². The van der Waals surface area contributed by atoms with E-state index in [-0.39, 0.29) is 23.5 Å². The molecule has 1 fully saturated rings. The predicted octanol–water partition coefficient (Wildman–Crippen LogP) is 2.06. The molecule has 2 amide bonds. The van der Waals surface area contributed by atoms with Crippen LogP contribution in [0.1, 0.15) is 30.0 Å². The number of aromatic nitrogens is 2. The number of piperidine rings is 1. The summed E-state index contributed by atoms with van der Waals surface area (Å²) in [6, 6.07) is 5.97. The van der Waals surface area contributed by atoms with Gasteiger partial charge in [0.25, 0.3) is 11.8 Å². The summed E-state index contributed by atoms with van der Waals surface area (Å²) in [4.78, 5) is 25.7. The highest BCUT2D eigenvalue weighted by atomic mass is 19.1. The molecule has 2 aliphatic heterocycles. The standard InChI is InChI=1S/C19H19FN4O2/c1-24-15(25)9-14(19(24)26)16-17(11-4-6-13(20)7-5-11)22-23-18(16)12-3-2-8-21-10-12/h4-7,9,12,21H,2-3,8,10H2,1H3,(H,22,23)/t12-/m0/s1. The molecule has 0 saturated carbocycles. The lowest BCUT2D eigenvalue weighted by molar-refractivity contribution is -0.134. The Balaban J connectivity index is 1.86. The summed E-state index contributed by atoms with van der Waals surface area (Å²) in [6.07, 6.45) is 3.36. The van der Waals surface area contributed by atoms with Gasteiger partial charge in [0.05, 0.1) is 5.57 Å². The molecule has 134 valence electrons. The number of rotatable bonds is 3. The Morgan fingerprint density at radius 3 is 2.62 bits per heavy atom. The van der Waals surface area contributed by atoms with E-state index in [1.807, 2.05) is 0 Å². The quantitative estimate of drug-likeness (QED) is 0.827. The molecule has 0 bridgehead atoms. The van der Waals surface area contributed by atoms with E-state index in [2.05, 4.69) is 15.5 Å². The summed E-state index contributed by atoms with van der Waals surface area (Å²) >= 11 is 0. The zero-order chi connectivity index (χ0) is 18.3. The fourth-order valence-electron chi connectivity index (χ4n) is 3.58. The number of H-pyrrole nitrogens is 1. The fourth-order valence-corrected chi connectivity index (χ4v) is 3.58. The van der Waals surface area contributed by atoms with E-state index in [1.54, 1.807) is 12.1 Å². The smallest absolute Gasteiger partial charge is 0.261 e. The third kappa shape index (κ3) is 2.74. The van der Waals surface area contributed by atoms with Crippen LogP contribution in [0, 0.1) is 5.82 Å². The highest BCUT2D eigenvalue weighted by Crippen LogP contribution is 2.37. The Labute approximate surface area is 150 Å². The molecule has 26 heavy (non-hydrogen) atoms. The van der Waals surface area contributed by atoms with Crippen molar-refractivity contribution in [2.24, 2.45) is 0 Å². The second-order valence-electron chi connectivity index (χ2n) is 6.67. The molecule has 1 saturated heterocycles. The molecule has 0 unspecified atom stereocenters. The minimum Gasteiger partial charge on any atom is -0.316 e. The molecule has 0 spiro atoms. The molecule has 6 nitrogen and oxygen atoms in total. The second-order valence-corrected chi connectivity index (χ2v) is 6.67. The van der Waals surface area contributed by atoms with Crippen LogP contribution in [0.3, 0.4) is 0 Å². The number of carbonyl (C=O) groups is 2. The summed E-state index contributed by atoms with van der Waals surface area (Å²) in [5, 5.41) is 10.9. The van der Waals surface area contributed by atoms with Crippen molar-refractivity contribution in [2.45, 2.75) is 18.8 Å². The Hall–Kier alpha value is -2.80. The van der Waals surface area contributed by atoms with Crippen LogP contribution < -0.4 is 5.32 Å². The van der Waals surface area contributed by atoms with Crippen molar-refractivity contribution in [3.63, 3.8) is 0 Å². The van der Waals surface area contributed by atoms with Gasteiger partial charge in [-0.2, -0.15) is 5.10 Å². The number of aromatic amines is 1. The molecule has 0 radical (unpaired) electrons. The number of imide groups is 1. The van der Waals surface area contributed by atoms with Crippen molar-refractivity contribution in [3.8, 4) is 11.3 Å². The van der Waals surface area contributed by atoms with E-state index in [0.717, 1.165) is 36.5 Å². The third-order valence-electron chi connectivity index (χ3n) is 5.02. The first-order chi connectivity index (χ1) is 12.6. The lowest BCUT2D eigenvalue weighted by atomic mass is 9.89. The zero-order valence-corrected chi connectivity index (χ0v) is 14.4. The van der Waals surface area contributed by atoms with Gasteiger partial charge in [-0.25, -0.2) is 4.39 Å². The number of hydrogen-bond donors (Lipinski definition) is 2. The fraction of sp³-hybridized carbons (Fsp3) is 0.316. The summed E-state index contributed by atoms with van der Waals surface area (Å²) in [7, 11) is 1.47. The van der Waals surface area contributed by atoms with E-state index >= 15 is 0 Å². The van der Waals surface area contributed by atoms with E-state index in [9.17, 15) is 14.0 Å². The summed E-state index contributed by atoms with van der Waals surface area (Å²) < 4.78 is 13.3. The number of carbonyl (C=O) groups excluding carboxylic acids is 2. The van der Waals surface area contributed by atoms with Crippen LogP contribution in [0.15, 0.2) is 30.3 Å². The number of nitrogens with one attached hydrogen (secondary N) is 2. The molecule has 2 aliphatic rings. The SMILES string of the molecule is CN1C(=O)C=C(c2c(-c3ccc(F)cc3)n[nH]c2[C@H]2CCCNC2)C1=O. The van der Waals surface area contributed by atoms with Gasteiger partial charge < -0.3 is 5.32 Å². The van der Waals surface area contributed by atoms with Crippen LogP contribution in [0.25, 0.3) is 16.8 Å². The molecule has 7 heteroatoms. The topological polar surface area (TPSA) is 78.1 Å². The maximum absolute atomic E-state index is 13.3. The Bertz CT molecular complexity index is 895. The zero-order valence-electron chi connectivity index (χ0n) is 14.4. The van der Waals surface area contributed by atoms with Gasteiger partial charge >= 0.3 is 0 Å². The normalized spacial score (nSPS) is 20.6. The molecule has 0 aliphatic carbocycles. The molecule has 1 atom stereocenters. The maximum Gasteiger partial charge on any atom is 0.261 e. The van der Waals surface area contributed by atoms with Crippen LogP contribution in [0.2, 0.25) is 0 Å². The van der Waals surface area contributed by atoms with Crippen LogP contribution in [0.5, 0.6) is 0 Å². The monoisotopic (exact) mass is 354 g/mol. The maximum atomic E-state index is 13.3. The number of amides is 2. The average Bonchev–Trinajstić information content (AvgIpc) is 3.20. The third-order valence-corrected chi connectivity index (χ3v) is 5.02. The highest BCUT2D eigenvalue weighted by Gasteiger charge is 2.35. The molecular weight excluding hydrogens is 335 g/mol. The van der Waals surface area contributed by atoms with Crippen molar-refractivity contribution >= 4 is 17.4 Å². The van der Waals surface area contributed by atoms with Crippen molar-refractivity contribution in [1.29, 1.82) is 0 Å². The number of likely N-dealkylation sites (N-methyl/N-ethyl adjacent to an activating group) is 1. The van der Waals surface area contributed by atoms with Gasteiger partial charge in [0.1, 0.15) is 11.5 Å². The van der Waals surface area contributed by atoms with Crippen molar-refractivity contribution in [1.82, 2.24) is 20.4 Å². The molecule has 2 aromatic rings. The Morgan fingerprint density at radius 2 is 2.00 bits per heavy atom. The van der Waals surface area contributed by atoms with E-state index in [1.165, 1.54) is 25.3 Å². The average molecular weight is 354 g/mol. The number of hydrogen-bond acceptors (Lipinski definition) is 4. The molecule has 2 N–H and O–H groups in total. The Morgan fingerprint density at radius 1 is 1.23 bits per heavy atom. The van der Waals surface area contributed by atoms with Gasteiger partial charge in [-0.3, -0.25) is 19.6 Å². The van der Waals surface area contributed by atoms with Gasteiger partial charge in [-0.05, 0) is 43.7 Å². The van der Waals surface area contributed by atoms with Crippen LogP contribution >= 0.6 is 0 Å². The minimum atomic E-state index is -0.344. The number of halogens is 1. The predicted molar refractivity (Wildman–Crippen MR) is 94.6 cm³/mol. The van der Waals surface area contributed by atoms with Crippen LogP contribution in [0.4, 0.5) is 4.39 Å². The first-order valence-electron chi connectivity index (χ1n) is 8.65. The Kier molecular flexibility index (Phi) is 4.16. The van der Waals surface area contributed by atoms with E-state index in [0.29, 0.717) is 22.4 Å². The summed E-state index contributed by atoms with van der Waals surface area (Å²) in [5.41, 5.74) is 3.09. The molecular formula is C19H19FN4O2. The lowest BCUT2D eigenvalue weighted by Gasteiger charge is -2.23. The van der Waals surface area contributed by atoms with E-state index in [4.69, 9.17) is 0 Å². The van der Waals surface area contributed by atoms with Crippen molar-refractivity contribution < 1.29 is 14.0 Å². The van der Waals surface area contributed by atoms with Crippen LogP contribution in [-0.4, -0.2) is 47.0 Å². The minimum absolute atomic E-state index is 0.176. The molecule has 1 aromatic heterocycles. The molecule has 4 rings (SSSR count). The highest BCUT2D eigenvalue weighted by molar-refractivity contribution is 6.34. The number of benzene rings is 1. The first kappa shape index (κ1) is 16.7. The molecule has 1 aromatic carbocycles. The van der Waals surface area contributed by atoms with Gasteiger partial charge in [-0.1, -0.05) is 0 Å². The summed E-state index contributed by atoms with van der Waals surface area (Å²) in [5.74, 6) is -0.850. The molecule has 3 heterocycles. The van der Waals surface area contributed by atoms with Gasteiger partial charge in [0.2, 0.25) is 0 Å². The first-order valence-corrected chi connectivity index (χ1v) is 8.65.